The molecule has 2 aromatic rings. The van der Waals surface area contributed by atoms with Gasteiger partial charge in [0.05, 0.1) is 7.11 Å². The number of methoxy groups -OCH3 is 1. The molecule has 2 aliphatic rings. The predicted octanol–water partition coefficient (Wildman–Crippen LogP) is 4.68. The Labute approximate surface area is 154 Å². The van der Waals surface area contributed by atoms with Gasteiger partial charge in [0.25, 0.3) is 0 Å². The normalized spacial score (nSPS) is 22.7. The highest BCUT2D eigenvalue weighted by molar-refractivity contribution is 5.80. The van der Waals surface area contributed by atoms with E-state index >= 15 is 0 Å². The summed E-state index contributed by atoms with van der Waals surface area (Å²) in [6.07, 6.45) is 4.79. The Bertz CT molecular complexity index is 765. The summed E-state index contributed by atoms with van der Waals surface area (Å²) in [5, 5.41) is 0. The monoisotopic (exact) mass is 352 g/mol. The van der Waals surface area contributed by atoms with E-state index in [4.69, 9.17) is 14.2 Å². The molecule has 1 saturated carbocycles. The fraction of sp³-hybridized carbons (Fsp3) is 0.409. The number of esters is 1. The summed E-state index contributed by atoms with van der Waals surface area (Å²) in [6, 6.07) is 16.0. The predicted molar refractivity (Wildman–Crippen MR) is 99.0 cm³/mol. The number of carbonyl (C=O) groups is 1. The van der Waals surface area contributed by atoms with Crippen LogP contribution in [0, 0.1) is 0 Å². The lowest BCUT2D eigenvalue weighted by Crippen LogP contribution is -2.24. The van der Waals surface area contributed by atoms with Crippen molar-refractivity contribution in [2.24, 2.45) is 0 Å². The third kappa shape index (κ3) is 3.61. The van der Waals surface area contributed by atoms with Crippen molar-refractivity contribution in [2.75, 3.05) is 7.11 Å². The van der Waals surface area contributed by atoms with Gasteiger partial charge in [-0.3, -0.25) is 0 Å². The molecule has 4 heteroatoms. The Morgan fingerprint density at radius 3 is 2.54 bits per heavy atom. The van der Waals surface area contributed by atoms with Crippen molar-refractivity contribution in [3.05, 3.63) is 54.1 Å². The van der Waals surface area contributed by atoms with Crippen LogP contribution < -0.4 is 4.74 Å². The molecule has 0 spiro atoms. The minimum absolute atomic E-state index is 0.0607. The van der Waals surface area contributed by atoms with Gasteiger partial charge in [-0.1, -0.05) is 42.8 Å². The maximum absolute atomic E-state index is 12.5. The van der Waals surface area contributed by atoms with Crippen molar-refractivity contribution in [1.29, 1.82) is 0 Å². The SMILES string of the molecule is COc1ccc(C2OC2C(=O)OC2CCCCC2)c(-c2ccccc2)c1. The molecule has 1 heterocycles. The Hall–Kier alpha value is -2.33. The van der Waals surface area contributed by atoms with E-state index < -0.39 is 6.10 Å². The van der Waals surface area contributed by atoms with E-state index in [1.165, 1.54) is 6.42 Å². The Morgan fingerprint density at radius 2 is 1.81 bits per heavy atom. The highest BCUT2D eigenvalue weighted by Crippen LogP contribution is 2.45. The van der Waals surface area contributed by atoms with Crippen LogP contribution in [0.1, 0.15) is 43.8 Å². The number of hydrogen-bond donors (Lipinski definition) is 0. The number of epoxide rings is 1. The zero-order valence-corrected chi connectivity index (χ0v) is 15.0. The molecule has 1 aliphatic carbocycles. The van der Waals surface area contributed by atoms with E-state index in [0.29, 0.717) is 0 Å². The summed E-state index contributed by atoms with van der Waals surface area (Å²) in [6.45, 7) is 0. The number of hydrogen-bond acceptors (Lipinski definition) is 4. The molecule has 26 heavy (non-hydrogen) atoms. The standard InChI is InChI=1S/C22H24O4/c1-24-17-12-13-18(19(14-17)15-8-4-2-5-9-15)20-21(26-20)22(23)25-16-10-6-3-7-11-16/h2,4-5,8-9,12-14,16,20-21H,3,6-7,10-11H2,1H3. The summed E-state index contributed by atoms with van der Waals surface area (Å²) in [5.74, 6) is 0.561. The lowest BCUT2D eigenvalue weighted by Gasteiger charge is -2.21. The van der Waals surface area contributed by atoms with Crippen LogP contribution in [0.5, 0.6) is 5.75 Å². The summed E-state index contributed by atoms with van der Waals surface area (Å²) >= 11 is 0. The van der Waals surface area contributed by atoms with Crippen molar-refractivity contribution in [3.63, 3.8) is 0 Å². The maximum atomic E-state index is 12.5. The minimum Gasteiger partial charge on any atom is -0.497 e. The molecule has 0 radical (unpaired) electrons. The van der Waals surface area contributed by atoms with Crippen LogP contribution >= 0.6 is 0 Å². The fourth-order valence-corrected chi connectivity index (χ4v) is 3.72. The van der Waals surface area contributed by atoms with Gasteiger partial charge >= 0.3 is 5.97 Å². The number of rotatable bonds is 5. The molecule has 2 atom stereocenters. The Morgan fingerprint density at radius 1 is 1.04 bits per heavy atom. The van der Waals surface area contributed by atoms with Crippen LogP contribution in [0.2, 0.25) is 0 Å². The van der Waals surface area contributed by atoms with Crippen molar-refractivity contribution in [3.8, 4) is 16.9 Å². The van der Waals surface area contributed by atoms with Gasteiger partial charge in [0.1, 0.15) is 18.0 Å². The van der Waals surface area contributed by atoms with Crippen LogP contribution in [-0.2, 0) is 14.3 Å². The largest absolute Gasteiger partial charge is 0.497 e. The molecule has 2 fully saturated rings. The van der Waals surface area contributed by atoms with E-state index in [2.05, 4.69) is 12.1 Å². The number of ether oxygens (including phenoxy) is 3. The molecule has 0 N–H and O–H groups in total. The molecule has 2 aromatic carbocycles. The highest BCUT2D eigenvalue weighted by atomic mass is 16.6. The second-order valence-electron chi connectivity index (χ2n) is 6.99. The molecule has 0 amide bonds. The first-order valence-corrected chi connectivity index (χ1v) is 9.35. The number of benzene rings is 2. The van der Waals surface area contributed by atoms with Gasteiger partial charge in [0.15, 0.2) is 6.10 Å². The van der Waals surface area contributed by atoms with Gasteiger partial charge in [-0.15, -0.1) is 0 Å². The van der Waals surface area contributed by atoms with Crippen LogP contribution in [-0.4, -0.2) is 25.3 Å². The topological polar surface area (TPSA) is 48.1 Å². The van der Waals surface area contributed by atoms with Gasteiger partial charge in [-0.2, -0.15) is 0 Å². The van der Waals surface area contributed by atoms with E-state index in [-0.39, 0.29) is 18.2 Å². The smallest absolute Gasteiger partial charge is 0.338 e. The van der Waals surface area contributed by atoms with Crippen molar-refractivity contribution >= 4 is 5.97 Å². The minimum atomic E-state index is -0.493. The Balaban J connectivity index is 1.52. The van der Waals surface area contributed by atoms with E-state index in [1.54, 1.807) is 7.11 Å². The fourth-order valence-electron chi connectivity index (χ4n) is 3.72. The lowest BCUT2D eigenvalue weighted by molar-refractivity contribution is -0.152. The average Bonchev–Trinajstić information content (AvgIpc) is 3.50. The molecular formula is C22H24O4. The molecular weight excluding hydrogens is 328 g/mol. The van der Waals surface area contributed by atoms with E-state index in [9.17, 15) is 4.79 Å². The lowest BCUT2D eigenvalue weighted by atomic mass is 9.96. The second kappa shape index (κ2) is 7.50. The van der Waals surface area contributed by atoms with Crippen molar-refractivity contribution in [2.45, 2.75) is 50.4 Å². The first-order valence-electron chi connectivity index (χ1n) is 9.35. The zero-order chi connectivity index (χ0) is 17.9. The van der Waals surface area contributed by atoms with Gasteiger partial charge in [0, 0.05) is 0 Å². The molecule has 2 unspecified atom stereocenters. The van der Waals surface area contributed by atoms with Gasteiger partial charge < -0.3 is 14.2 Å². The van der Waals surface area contributed by atoms with Gasteiger partial charge in [-0.05, 0) is 54.5 Å². The highest BCUT2D eigenvalue weighted by Gasteiger charge is 2.49. The summed E-state index contributed by atoms with van der Waals surface area (Å²) in [4.78, 5) is 12.5. The summed E-state index contributed by atoms with van der Waals surface area (Å²) in [5.41, 5.74) is 3.11. The van der Waals surface area contributed by atoms with Crippen molar-refractivity contribution < 1.29 is 19.0 Å². The summed E-state index contributed by atoms with van der Waals surface area (Å²) < 4.78 is 16.8. The van der Waals surface area contributed by atoms with Crippen LogP contribution in [0.15, 0.2) is 48.5 Å². The van der Waals surface area contributed by atoms with Gasteiger partial charge in [-0.25, -0.2) is 4.79 Å². The third-order valence-electron chi connectivity index (χ3n) is 5.21. The Kier molecular flexibility index (Phi) is 4.93. The quantitative estimate of drug-likeness (QED) is 0.579. The van der Waals surface area contributed by atoms with Crippen molar-refractivity contribution in [1.82, 2.24) is 0 Å². The molecule has 0 bridgehead atoms. The molecule has 136 valence electrons. The average molecular weight is 352 g/mol. The van der Waals surface area contributed by atoms with E-state index in [0.717, 1.165) is 48.1 Å². The number of carbonyl (C=O) groups excluding carboxylic acids is 1. The van der Waals surface area contributed by atoms with Crippen LogP contribution in [0.4, 0.5) is 0 Å². The molecule has 4 rings (SSSR count). The zero-order valence-electron chi connectivity index (χ0n) is 15.0. The molecule has 0 aromatic heterocycles. The molecule has 4 nitrogen and oxygen atoms in total. The van der Waals surface area contributed by atoms with Gasteiger partial charge in [0.2, 0.25) is 0 Å². The first-order chi connectivity index (χ1) is 12.8. The molecule has 1 saturated heterocycles. The second-order valence-corrected chi connectivity index (χ2v) is 6.99. The summed E-state index contributed by atoms with van der Waals surface area (Å²) in [7, 11) is 1.65. The first kappa shape index (κ1) is 17.1. The molecule has 1 aliphatic heterocycles. The van der Waals surface area contributed by atoms with Crippen LogP contribution in [0.25, 0.3) is 11.1 Å². The third-order valence-corrected chi connectivity index (χ3v) is 5.21. The maximum Gasteiger partial charge on any atom is 0.338 e. The van der Waals surface area contributed by atoms with E-state index in [1.807, 2.05) is 36.4 Å². The van der Waals surface area contributed by atoms with Crippen LogP contribution in [0.3, 0.4) is 0 Å².